The molecule has 3 rings (SSSR count). The standard InChI is InChI=1S/C17H18N2O.ClH/c1-19(14-5-3-2-4-6-14)17(20)13-9-7-12(8-10-13)15-11-16(15)18;/h2-10,15-16H,11,18H2,1H3;1H. The van der Waals surface area contributed by atoms with Gasteiger partial charge in [-0.15, -0.1) is 12.4 Å². The molecule has 1 fully saturated rings. The second kappa shape index (κ2) is 6.29. The van der Waals surface area contributed by atoms with Gasteiger partial charge in [0.15, 0.2) is 0 Å². The number of rotatable bonds is 3. The highest BCUT2D eigenvalue weighted by Crippen LogP contribution is 2.38. The van der Waals surface area contributed by atoms with Gasteiger partial charge in [0.05, 0.1) is 0 Å². The predicted octanol–water partition coefficient (Wildman–Crippen LogP) is 3.20. The van der Waals surface area contributed by atoms with Crippen LogP contribution in [0.4, 0.5) is 5.69 Å². The van der Waals surface area contributed by atoms with Crippen LogP contribution in [0.15, 0.2) is 54.6 Å². The van der Waals surface area contributed by atoms with Crippen LogP contribution in [0.3, 0.4) is 0 Å². The molecule has 1 aliphatic carbocycles. The maximum Gasteiger partial charge on any atom is 0.258 e. The van der Waals surface area contributed by atoms with Gasteiger partial charge in [0.25, 0.3) is 5.91 Å². The molecular weight excluding hydrogens is 284 g/mol. The lowest BCUT2D eigenvalue weighted by molar-refractivity contribution is 0.0993. The fourth-order valence-corrected chi connectivity index (χ4v) is 2.43. The number of hydrogen-bond acceptors (Lipinski definition) is 2. The number of hydrogen-bond donors (Lipinski definition) is 1. The van der Waals surface area contributed by atoms with E-state index in [0.29, 0.717) is 17.5 Å². The van der Waals surface area contributed by atoms with Crippen LogP contribution in [0.5, 0.6) is 0 Å². The molecular formula is C17H19ClN2O. The van der Waals surface area contributed by atoms with Crippen molar-refractivity contribution in [3.05, 3.63) is 65.7 Å². The van der Waals surface area contributed by atoms with Crippen molar-refractivity contribution >= 4 is 24.0 Å². The number of carbonyl (C=O) groups is 1. The van der Waals surface area contributed by atoms with Crippen molar-refractivity contribution in [3.63, 3.8) is 0 Å². The minimum atomic E-state index is 0. The zero-order valence-electron chi connectivity index (χ0n) is 11.9. The molecule has 1 saturated carbocycles. The largest absolute Gasteiger partial charge is 0.327 e. The minimum absolute atomic E-state index is 0. The number of anilines is 1. The first-order valence-electron chi connectivity index (χ1n) is 6.85. The van der Waals surface area contributed by atoms with Crippen LogP contribution in [0.2, 0.25) is 0 Å². The molecule has 0 bridgehead atoms. The molecule has 110 valence electrons. The van der Waals surface area contributed by atoms with Crippen LogP contribution >= 0.6 is 12.4 Å². The average Bonchev–Trinajstić information content (AvgIpc) is 3.24. The van der Waals surface area contributed by atoms with Crippen molar-refractivity contribution in [2.75, 3.05) is 11.9 Å². The Hall–Kier alpha value is -1.84. The van der Waals surface area contributed by atoms with Crippen LogP contribution in [-0.2, 0) is 0 Å². The molecule has 0 heterocycles. The second-order valence-corrected chi connectivity index (χ2v) is 5.33. The summed E-state index contributed by atoms with van der Waals surface area (Å²) in [6, 6.07) is 17.8. The smallest absolute Gasteiger partial charge is 0.258 e. The Balaban J connectivity index is 0.00000161. The number of para-hydroxylation sites is 1. The minimum Gasteiger partial charge on any atom is -0.327 e. The van der Waals surface area contributed by atoms with Crippen LogP contribution in [0.1, 0.15) is 28.3 Å². The average molecular weight is 303 g/mol. The zero-order chi connectivity index (χ0) is 14.1. The third-order valence-electron chi connectivity index (χ3n) is 3.87. The maximum absolute atomic E-state index is 12.4. The van der Waals surface area contributed by atoms with E-state index in [1.54, 1.807) is 11.9 Å². The van der Waals surface area contributed by atoms with Crippen LogP contribution < -0.4 is 10.6 Å². The second-order valence-electron chi connectivity index (χ2n) is 5.33. The first-order valence-corrected chi connectivity index (χ1v) is 6.85. The Labute approximate surface area is 131 Å². The molecule has 2 atom stereocenters. The highest BCUT2D eigenvalue weighted by Gasteiger charge is 2.34. The Bertz CT molecular complexity index is 612. The summed E-state index contributed by atoms with van der Waals surface area (Å²) in [7, 11) is 1.79. The number of nitrogens with zero attached hydrogens (tertiary/aromatic N) is 1. The van der Waals surface area contributed by atoms with Gasteiger partial charge in [-0.1, -0.05) is 30.3 Å². The molecule has 21 heavy (non-hydrogen) atoms. The van der Waals surface area contributed by atoms with Crippen LogP contribution in [-0.4, -0.2) is 19.0 Å². The lowest BCUT2D eigenvalue weighted by atomic mass is 10.1. The summed E-state index contributed by atoms with van der Waals surface area (Å²) >= 11 is 0. The Morgan fingerprint density at radius 2 is 1.67 bits per heavy atom. The molecule has 2 aromatic carbocycles. The van der Waals surface area contributed by atoms with E-state index >= 15 is 0 Å². The van der Waals surface area contributed by atoms with E-state index in [0.717, 1.165) is 12.1 Å². The molecule has 1 aliphatic rings. The quantitative estimate of drug-likeness (QED) is 0.946. The summed E-state index contributed by atoms with van der Waals surface area (Å²) in [4.78, 5) is 14.1. The van der Waals surface area contributed by atoms with Crippen molar-refractivity contribution in [1.29, 1.82) is 0 Å². The summed E-state index contributed by atoms with van der Waals surface area (Å²) in [5.41, 5.74) is 8.68. The Morgan fingerprint density at radius 3 is 2.19 bits per heavy atom. The normalized spacial score (nSPS) is 19.5. The Kier molecular flexibility index (Phi) is 4.66. The van der Waals surface area contributed by atoms with E-state index in [-0.39, 0.29) is 18.3 Å². The lowest BCUT2D eigenvalue weighted by Gasteiger charge is -2.17. The van der Waals surface area contributed by atoms with Crippen molar-refractivity contribution in [2.45, 2.75) is 18.4 Å². The number of nitrogens with two attached hydrogens (primary N) is 1. The summed E-state index contributed by atoms with van der Waals surface area (Å²) in [5, 5.41) is 0. The molecule has 4 heteroatoms. The van der Waals surface area contributed by atoms with Gasteiger partial charge >= 0.3 is 0 Å². The van der Waals surface area contributed by atoms with Crippen LogP contribution in [0.25, 0.3) is 0 Å². The molecule has 2 aromatic rings. The van der Waals surface area contributed by atoms with E-state index in [4.69, 9.17) is 5.73 Å². The fourth-order valence-electron chi connectivity index (χ4n) is 2.43. The van der Waals surface area contributed by atoms with Gasteiger partial charge in [-0.25, -0.2) is 0 Å². The van der Waals surface area contributed by atoms with Gasteiger partial charge in [0, 0.05) is 30.3 Å². The molecule has 0 spiro atoms. The summed E-state index contributed by atoms with van der Waals surface area (Å²) in [5.74, 6) is 0.480. The van der Waals surface area contributed by atoms with Gasteiger partial charge in [0.1, 0.15) is 0 Å². The summed E-state index contributed by atoms with van der Waals surface area (Å²) in [6.45, 7) is 0. The third-order valence-corrected chi connectivity index (χ3v) is 3.87. The maximum atomic E-state index is 12.4. The van der Waals surface area contributed by atoms with E-state index in [1.165, 1.54) is 5.56 Å². The van der Waals surface area contributed by atoms with Gasteiger partial charge in [-0.3, -0.25) is 4.79 Å². The van der Waals surface area contributed by atoms with Crippen molar-refractivity contribution < 1.29 is 4.79 Å². The van der Waals surface area contributed by atoms with Gasteiger partial charge in [0.2, 0.25) is 0 Å². The zero-order valence-corrected chi connectivity index (χ0v) is 12.7. The van der Waals surface area contributed by atoms with E-state index < -0.39 is 0 Å². The Morgan fingerprint density at radius 1 is 1.10 bits per heavy atom. The summed E-state index contributed by atoms with van der Waals surface area (Å²) < 4.78 is 0. The fraction of sp³-hybridized carbons (Fsp3) is 0.235. The van der Waals surface area contributed by atoms with Gasteiger partial charge in [-0.2, -0.15) is 0 Å². The van der Waals surface area contributed by atoms with E-state index in [1.807, 2.05) is 54.6 Å². The van der Waals surface area contributed by atoms with Crippen molar-refractivity contribution in [3.8, 4) is 0 Å². The predicted molar refractivity (Wildman–Crippen MR) is 88.2 cm³/mol. The lowest BCUT2D eigenvalue weighted by Crippen LogP contribution is -2.26. The third kappa shape index (κ3) is 3.26. The molecule has 0 saturated heterocycles. The summed E-state index contributed by atoms with van der Waals surface area (Å²) in [6.07, 6.45) is 1.05. The monoisotopic (exact) mass is 302 g/mol. The highest BCUT2D eigenvalue weighted by molar-refractivity contribution is 6.05. The molecule has 2 N–H and O–H groups in total. The van der Waals surface area contributed by atoms with Crippen molar-refractivity contribution in [2.24, 2.45) is 5.73 Å². The SMILES string of the molecule is CN(C(=O)c1ccc(C2CC2N)cc1)c1ccccc1.Cl. The van der Waals surface area contributed by atoms with E-state index in [9.17, 15) is 4.79 Å². The first kappa shape index (κ1) is 15.5. The molecule has 0 radical (unpaired) electrons. The van der Waals surface area contributed by atoms with E-state index in [2.05, 4.69) is 0 Å². The molecule has 0 aliphatic heterocycles. The molecule has 0 aromatic heterocycles. The first-order chi connectivity index (χ1) is 9.66. The van der Waals surface area contributed by atoms with Crippen molar-refractivity contribution in [1.82, 2.24) is 0 Å². The number of halogens is 1. The molecule has 3 nitrogen and oxygen atoms in total. The highest BCUT2D eigenvalue weighted by atomic mass is 35.5. The number of amides is 1. The number of carbonyl (C=O) groups excluding carboxylic acids is 1. The number of benzene rings is 2. The molecule has 1 amide bonds. The molecule has 2 unspecified atom stereocenters. The van der Waals surface area contributed by atoms with Crippen LogP contribution in [0, 0.1) is 0 Å². The topological polar surface area (TPSA) is 46.3 Å². The van der Waals surface area contributed by atoms with Gasteiger partial charge in [-0.05, 0) is 36.2 Å². The van der Waals surface area contributed by atoms with Gasteiger partial charge < -0.3 is 10.6 Å².